The van der Waals surface area contributed by atoms with E-state index in [0.29, 0.717) is 19.4 Å². The first-order chi connectivity index (χ1) is 8.13. The molecule has 1 atom stereocenters. The monoisotopic (exact) mass is 240 g/mol. The Morgan fingerprint density at radius 3 is 2.94 bits per heavy atom. The fourth-order valence-electron chi connectivity index (χ4n) is 1.58. The van der Waals surface area contributed by atoms with Crippen LogP contribution in [0, 0.1) is 0 Å². The van der Waals surface area contributed by atoms with Crippen LogP contribution in [0.1, 0.15) is 32.0 Å². The molecule has 17 heavy (non-hydrogen) atoms. The SMILES string of the molecule is CCCCC(NCCc1ncn(C)n1)C(=O)O. The van der Waals surface area contributed by atoms with E-state index in [9.17, 15) is 4.79 Å². The Kier molecular flexibility index (Phi) is 5.62. The highest BCUT2D eigenvalue weighted by atomic mass is 16.4. The maximum absolute atomic E-state index is 11.0. The second kappa shape index (κ2) is 7.01. The molecule has 2 N–H and O–H groups in total. The standard InChI is InChI=1S/C11H20N4O2/c1-3-4-5-9(11(16)17)12-7-6-10-13-8-15(2)14-10/h8-9,12H,3-7H2,1-2H3,(H,16,17). The van der Waals surface area contributed by atoms with Crippen molar-refractivity contribution >= 4 is 5.97 Å². The third kappa shape index (κ3) is 4.95. The molecule has 0 aliphatic heterocycles. The summed E-state index contributed by atoms with van der Waals surface area (Å²) in [5, 5.41) is 16.2. The van der Waals surface area contributed by atoms with E-state index in [2.05, 4.69) is 22.3 Å². The van der Waals surface area contributed by atoms with Gasteiger partial charge in [-0.15, -0.1) is 0 Å². The first kappa shape index (κ1) is 13.6. The Labute approximate surface area is 101 Å². The number of carboxylic acids is 1. The molecule has 0 aliphatic carbocycles. The van der Waals surface area contributed by atoms with Crippen LogP contribution in [0.5, 0.6) is 0 Å². The zero-order valence-corrected chi connectivity index (χ0v) is 10.4. The van der Waals surface area contributed by atoms with Crippen molar-refractivity contribution in [2.24, 2.45) is 7.05 Å². The van der Waals surface area contributed by atoms with Crippen LogP contribution in [0.2, 0.25) is 0 Å². The lowest BCUT2D eigenvalue weighted by Crippen LogP contribution is -2.37. The quantitative estimate of drug-likeness (QED) is 0.695. The molecule has 0 saturated carbocycles. The van der Waals surface area contributed by atoms with Crippen molar-refractivity contribution < 1.29 is 9.90 Å². The summed E-state index contributed by atoms with van der Waals surface area (Å²) in [6.07, 6.45) is 4.89. The van der Waals surface area contributed by atoms with Crippen molar-refractivity contribution in [3.63, 3.8) is 0 Å². The predicted octanol–water partition coefficient (Wildman–Crippen LogP) is 0.591. The molecule has 0 aromatic carbocycles. The van der Waals surface area contributed by atoms with Gasteiger partial charge < -0.3 is 10.4 Å². The Bertz CT molecular complexity index is 351. The van der Waals surface area contributed by atoms with Crippen molar-refractivity contribution in [1.29, 1.82) is 0 Å². The summed E-state index contributed by atoms with van der Waals surface area (Å²) in [5.41, 5.74) is 0. The highest BCUT2D eigenvalue weighted by Crippen LogP contribution is 2.01. The van der Waals surface area contributed by atoms with Crippen molar-refractivity contribution in [2.75, 3.05) is 6.54 Å². The van der Waals surface area contributed by atoms with E-state index >= 15 is 0 Å². The van der Waals surface area contributed by atoms with Gasteiger partial charge in [-0.2, -0.15) is 5.10 Å². The Hall–Kier alpha value is -1.43. The minimum Gasteiger partial charge on any atom is -0.480 e. The Morgan fingerprint density at radius 1 is 1.65 bits per heavy atom. The lowest BCUT2D eigenvalue weighted by molar-refractivity contribution is -0.139. The summed E-state index contributed by atoms with van der Waals surface area (Å²) in [6.45, 7) is 2.64. The highest BCUT2D eigenvalue weighted by Gasteiger charge is 2.15. The van der Waals surface area contributed by atoms with E-state index in [4.69, 9.17) is 5.11 Å². The molecule has 6 heteroatoms. The molecule has 1 heterocycles. The van der Waals surface area contributed by atoms with E-state index in [-0.39, 0.29) is 0 Å². The van der Waals surface area contributed by atoms with Gasteiger partial charge in [0, 0.05) is 20.0 Å². The van der Waals surface area contributed by atoms with E-state index in [0.717, 1.165) is 18.7 Å². The zero-order chi connectivity index (χ0) is 12.7. The van der Waals surface area contributed by atoms with Crippen LogP contribution < -0.4 is 5.32 Å². The first-order valence-corrected chi connectivity index (χ1v) is 5.94. The summed E-state index contributed by atoms with van der Waals surface area (Å²) in [6, 6.07) is -0.460. The Morgan fingerprint density at radius 2 is 2.41 bits per heavy atom. The maximum Gasteiger partial charge on any atom is 0.320 e. The summed E-state index contributed by atoms with van der Waals surface area (Å²) in [7, 11) is 1.81. The van der Waals surface area contributed by atoms with Gasteiger partial charge in [-0.25, -0.2) is 4.98 Å². The summed E-state index contributed by atoms with van der Waals surface area (Å²) in [4.78, 5) is 15.0. The molecular formula is C11H20N4O2. The molecule has 1 aromatic rings. The number of rotatable bonds is 8. The number of nitrogens with one attached hydrogen (secondary N) is 1. The minimum atomic E-state index is -0.785. The fraction of sp³-hybridized carbons (Fsp3) is 0.727. The van der Waals surface area contributed by atoms with E-state index in [1.54, 1.807) is 11.0 Å². The molecule has 0 bridgehead atoms. The van der Waals surface area contributed by atoms with Crippen molar-refractivity contribution in [1.82, 2.24) is 20.1 Å². The van der Waals surface area contributed by atoms with Crippen LogP contribution in [0.3, 0.4) is 0 Å². The normalized spacial score (nSPS) is 12.6. The average molecular weight is 240 g/mol. The molecule has 1 unspecified atom stereocenters. The lowest BCUT2D eigenvalue weighted by atomic mass is 10.1. The summed E-state index contributed by atoms with van der Waals surface area (Å²) < 4.78 is 1.64. The number of carbonyl (C=O) groups is 1. The molecule has 0 aliphatic rings. The van der Waals surface area contributed by atoms with Gasteiger partial charge >= 0.3 is 5.97 Å². The van der Waals surface area contributed by atoms with Gasteiger partial charge in [-0.05, 0) is 6.42 Å². The molecule has 0 spiro atoms. The Balaban J connectivity index is 2.29. The number of aliphatic carboxylic acids is 1. The number of hydrogen-bond acceptors (Lipinski definition) is 4. The molecule has 0 fully saturated rings. The van der Waals surface area contributed by atoms with Gasteiger partial charge in [0.05, 0.1) is 0 Å². The smallest absolute Gasteiger partial charge is 0.320 e. The van der Waals surface area contributed by atoms with Crippen molar-refractivity contribution in [3.05, 3.63) is 12.2 Å². The third-order valence-electron chi connectivity index (χ3n) is 2.53. The van der Waals surface area contributed by atoms with Crippen LogP contribution in [0.4, 0.5) is 0 Å². The van der Waals surface area contributed by atoms with Crippen LogP contribution in [0.25, 0.3) is 0 Å². The lowest BCUT2D eigenvalue weighted by Gasteiger charge is -2.12. The van der Waals surface area contributed by atoms with Crippen LogP contribution in [-0.4, -0.2) is 38.4 Å². The van der Waals surface area contributed by atoms with Gasteiger partial charge in [-0.3, -0.25) is 9.48 Å². The van der Waals surface area contributed by atoms with Gasteiger partial charge in [0.1, 0.15) is 12.4 Å². The maximum atomic E-state index is 11.0. The second-order valence-corrected chi connectivity index (χ2v) is 4.07. The number of hydrogen-bond donors (Lipinski definition) is 2. The molecule has 1 rings (SSSR count). The number of unbranched alkanes of at least 4 members (excludes halogenated alkanes) is 1. The zero-order valence-electron chi connectivity index (χ0n) is 10.4. The fourth-order valence-corrected chi connectivity index (χ4v) is 1.58. The van der Waals surface area contributed by atoms with Gasteiger partial charge in [0.2, 0.25) is 0 Å². The molecular weight excluding hydrogens is 220 g/mol. The minimum absolute atomic E-state index is 0.460. The average Bonchev–Trinajstić information content (AvgIpc) is 2.68. The predicted molar refractivity (Wildman–Crippen MR) is 63.7 cm³/mol. The highest BCUT2D eigenvalue weighted by molar-refractivity contribution is 5.73. The van der Waals surface area contributed by atoms with Gasteiger partial charge in [0.15, 0.2) is 5.82 Å². The number of nitrogens with zero attached hydrogens (tertiary/aromatic N) is 3. The van der Waals surface area contributed by atoms with Gasteiger partial charge in [-0.1, -0.05) is 19.8 Å². The van der Waals surface area contributed by atoms with E-state index < -0.39 is 12.0 Å². The van der Waals surface area contributed by atoms with Crippen molar-refractivity contribution in [2.45, 2.75) is 38.6 Å². The third-order valence-corrected chi connectivity index (χ3v) is 2.53. The molecule has 1 aromatic heterocycles. The number of carboxylic acid groups (broad SMARTS) is 1. The summed E-state index contributed by atoms with van der Waals surface area (Å²) >= 11 is 0. The molecule has 0 amide bonds. The number of aromatic nitrogens is 3. The number of aryl methyl sites for hydroxylation is 1. The van der Waals surface area contributed by atoms with E-state index in [1.165, 1.54) is 0 Å². The molecule has 96 valence electrons. The van der Waals surface area contributed by atoms with Crippen molar-refractivity contribution in [3.8, 4) is 0 Å². The van der Waals surface area contributed by atoms with Crippen LogP contribution in [-0.2, 0) is 18.3 Å². The van der Waals surface area contributed by atoms with Crippen LogP contribution >= 0.6 is 0 Å². The van der Waals surface area contributed by atoms with Gasteiger partial charge in [0.25, 0.3) is 0 Å². The molecule has 0 saturated heterocycles. The molecule has 0 radical (unpaired) electrons. The topological polar surface area (TPSA) is 80.0 Å². The van der Waals surface area contributed by atoms with Crippen LogP contribution in [0.15, 0.2) is 6.33 Å². The van der Waals surface area contributed by atoms with E-state index in [1.807, 2.05) is 7.05 Å². The first-order valence-electron chi connectivity index (χ1n) is 5.94. The summed E-state index contributed by atoms with van der Waals surface area (Å²) in [5.74, 6) is -0.0490. The second-order valence-electron chi connectivity index (χ2n) is 4.07. The molecule has 6 nitrogen and oxygen atoms in total. The largest absolute Gasteiger partial charge is 0.480 e.